The van der Waals surface area contributed by atoms with Crippen LogP contribution in [0.1, 0.15) is 20.8 Å². The number of aliphatic hydroxyl groups excluding tert-OH is 1. The first-order chi connectivity index (χ1) is 4.95. The lowest BCUT2D eigenvalue weighted by Gasteiger charge is -2.15. The van der Waals surface area contributed by atoms with E-state index < -0.39 is 18.1 Å². The van der Waals surface area contributed by atoms with Gasteiger partial charge in [-0.05, 0) is 20.8 Å². The number of aliphatic hydroxyl groups is 1. The molecule has 0 heterocycles. The van der Waals surface area contributed by atoms with Crippen LogP contribution in [0.5, 0.6) is 0 Å². The molecule has 0 rings (SSSR count). The first-order valence-electron chi connectivity index (χ1n) is 3.59. The summed E-state index contributed by atoms with van der Waals surface area (Å²) in [6.07, 6.45) is -1.05. The molecule has 2 atom stereocenters. The SMILES string of the molecule is CC(C)OC(=O)C(N)C(C)O.Cl. The molecule has 0 aromatic heterocycles. The molecule has 0 bridgehead atoms. The van der Waals surface area contributed by atoms with Crippen LogP contribution in [0.3, 0.4) is 0 Å². The first-order valence-corrected chi connectivity index (χ1v) is 3.59. The highest BCUT2D eigenvalue weighted by Gasteiger charge is 2.20. The van der Waals surface area contributed by atoms with Crippen LogP contribution in [0.4, 0.5) is 0 Å². The third-order valence-corrected chi connectivity index (χ3v) is 1.14. The zero-order chi connectivity index (χ0) is 9.02. The molecule has 0 aromatic carbocycles. The van der Waals surface area contributed by atoms with E-state index in [0.717, 1.165) is 0 Å². The molecule has 0 spiro atoms. The van der Waals surface area contributed by atoms with Crippen molar-refractivity contribution in [1.29, 1.82) is 0 Å². The standard InChI is InChI=1S/C7H15NO3.ClH/c1-4(2)11-7(10)6(8)5(3)9;/h4-6,9H,8H2,1-3H3;1H. The van der Waals surface area contributed by atoms with Crippen LogP contribution in [-0.2, 0) is 9.53 Å². The fraction of sp³-hybridized carbons (Fsp3) is 0.857. The second-order valence-corrected chi connectivity index (χ2v) is 2.75. The zero-order valence-electron chi connectivity index (χ0n) is 7.48. The summed E-state index contributed by atoms with van der Waals surface area (Å²) < 4.78 is 4.75. The Kier molecular flexibility index (Phi) is 7.37. The number of rotatable bonds is 3. The summed E-state index contributed by atoms with van der Waals surface area (Å²) in [5, 5.41) is 8.88. The van der Waals surface area contributed by atoms with Gasteiger partial charge in [-0.25, -0.2) is 0 Å². The molecule has 0 radical (unpaired) electrons. The summed E-state index contributed by atoms with van der Waals surface area (Å²) in [6.45, 7) is 4.91. The molecule has 0 saturated heterocycles. The van der Waals surface area contributed by atoms with Crippen molar-refractivity contribution >= 4 is 18.4 Å². The maximum absolute atomic E-state index is 10.9. The third-order valence-electron chi connectivity index (χ3n) is 1.14. The smallest absolute Gasteiger partial charge is 0.325 e. The van der Waals surface area contributed by atoms with E-state index in [9.17, 15) is 4.79 Å². The van der Waals surface area contributed by atoms with E-state index in [1.165, 1.54) is 6.92 Å². The summed E-state index contributed by atoms with van der Waals surface area (Å²) in [5.41, 5.74) is 5.28. The van der Waals surface area contributed by atoms with Gasteiger partial charge in [0.25, 0.3) is 0 Å². The molecule has 3 N–H and O–H groups in total. The Morgan fingerprint density at radius 3 is 2.08 bits per heavy atom. The van der Waals surface area contributed by atoms with Gasteiger partial charge in [0.15, 0.2) is 0 Å². The van der Waals surface area contributed by atoms with Gasteiger partial charge >= 0.3 is 5.97 Å². The molecule has 4 nitrogen and oxygen atoms in total. The van der Waals surface area contributed by atoms with Crippen molar-refractivity contribution in [3.63, 3.8) is 0 Å². The monoisotopic (exact) mass is 197 g/mol. The maximum Gasteiger partial charge on any atom is 0.325 e. The van der Waals surface area contributed by atoms with Gasteiger partial charge in [0, 0.05) is 0 Å². The molecular weight excluding hydrogens is 182 g/mol. The molecule has 0 aromatic rings. The number of ether oxygens (including phenoxy) is 1. The Hall–Kier alpha value is -0.320. The fourth-order valence-corrected chi connectivity index (χ4v) is 0.508. The summed E-state index contributed by atoms with van der Waals surface area (Å²) >= 11 is 0. The van der Waals surface area contributed by atoms with Crippen LogP contribution in [0.25, 0.3) is 0 Å². The molecule has 0 aliphatic carbocycles. The Labute approximate surface area is 78.5 Å². The topological polar surface area (TPSA) is 72.5 Å². The van der Waals surface area contributed by atoms with Gasteiger partial charge in [0.05, 0.1) is 12.2 Å². The van der Waals surface area contributed by atoms with E-state index in [-0.39, 0.29) is 18.5 Å². The van der Waals surface area contributed by atoms with Crippen LogP contribution in [0.15, 0.2) is 0 Å². The third kappa shape index (κ3) is 5.35. The fourth-order valence-electron chi connectivity index (χ4n) is 0.508. The number of halogens is 1. The zero-order valence-corrected chi connectivity index (χ0v) is 8.30. The van der Waals surface area contributed by atoms with Crippen LogP contribution >= 0.6 is 12.4 Å². The van der Waals surface area contributed by atoms with Gasteiger partial charge in [0.1, 0.15) is 6.04 Å². The number of esters is 1. The van der Waals surface area contributed by atoms with Crippen molar-refractivity contribution in [1.82, 2.24) is 0 Å². The number of hydrogen-bond acceptors (Lipinski definition) is 4. The summed E-state index contributed by atoms with van der Waals surface area (Å²) in [6, 6.07) is -0.933. The van der Waals surface area contributed by atoms with Crippen LogP contribution in [0.2, 0.25) is 0 Å². The van der Waals surface area contributed by atoms with Gasteiger partial charge in [-0.2, -0.15) is 0 Å². The predicted molar refractivity (Wildman–Crippen MR) is 48.1 cm³/mol. The van der Waals surface area contributed by atoms with Crippen molar-refractivity contribution < 1.29 is 14.6 Å². The van der Waals surface area contributed by atoms with Crippen LogP contribution in [-0.4, -0.2) is 29.3 Å². The normalized spacial score (nSPS) is 14.8. The summed E-state index contributed by atoms with van der Waals surface area (Å²) in [7, 11) is 0. The Balaban J connectivity index is 0. The molecule has 0 saturated carbocycles. The second-order valence-electron chi connectivity index (χ2n) is 2.75. The van der Waals surface area contributed by atoms with E-state index >= 15 is 0 Å². The van der Waals surface area contributed by atoms with Crippen molar-refractivity contribution in [3.05, 3.63) is 0 Å². The van der Waals surface area contributed by atoms with Gasteiger partial charge < -0.3 is 15.6 Å². The lowest BCUT2D eigenvalue weighted by Crippen LogP contribution is -2.42. The molecule has 0 aliphatic rings. The predicted octanol–water partition coefficient (Wildman–Crippen LogP) is 0.0679. The minimum Gasteiger partial charge on any atom is -0.462 e. The van der Waals surface area contributed by atoms with Crippen molar-refractivity contribution in [3.8, 4) is 0 Å². The Morgan fingerprint density at radius 1 is 1.42 bits per heavy atom. The highest BCUT2D eigenvalue weighted by atomic mass is 35.5. The highest BCUT2D eigenvalue weighted by molar-refractivity contribution is 5.85. The average Bonchev–Trinajstić information content (AvgIpc) is 1.84. The van der Waals surface area contributed by atoms with Crippen molar-refractivity contribution in [2.45, 2.75) is 39.0 Å². The second kappa shape index (κ2) is 6.22. The van der Waals surface area contributed by atoms with Crippen molar-refractivity contribution in [2.24, 2.45) is 5.73 Å². The molecule has 0 amide bonds. The first kappa shape index (κ1) is 14.2. The van der Waals surface area contributed by atoms with E-state index in [1.807, 2.05) is 0 Å². The largest absolute Gasteiger partial charge is 0.462 e. The molecule has 2 unspecified atom stereocenters. The Morgan fingerprint density at radius 2 is 1.83 bits per heavy atom. The molecule has 5 heteroatoms. The average molecular weight is 198 g/mol. The minimum atomic E-state index is -0.933. The maximum atomic E-state index is 10.9. The van der Waals surface area contributed by atoms with Gasteiger partial charge in [-0.3, -0.25) is 4.79 Å². The van der Waals surface area contributed by atoms with Crippen molar-refractivity contribution in [2.75, 3.05) is 0 Å². The molecular formula is C7H16ClNO3. The lowest BCUT2D eigenvalue weighted by atomic mass is 10.2. The number of hydrogen-bond donors (Lipinski definition) is 2. The van der Waals surface area contributed by atoms with Gasteiger partial charge in [-0.15, -0.1) is 12.4 Å². The molecule has 74 valence electrons. The quantitative estimate of drug-likeness (QED) is 0.628. The van der Waals surface area contributed by atoms with Crippen LogP contribution < -0.4 is 5.73 Å². The minimum absolute atomic E-state index is 0. The van der Waals surface area contributed by atoms with E-state index in [2.05, 4.69) is 0 Å². The highest BCUT2D eigenvalue weighted by Crippen LogP contribution is 1.96. The number of carbonyl (C=O) groups excluding carboxylic acids is 1. The number of nitrogens with two attached hydrogens (primary N) is 1. The molecule has 0 aliphatic heterocycles. The van der Waals surface area contributed by atoms with E-state index in [4.69, 9.17) is 15.6 Å². The Bertz CT molecular complexity index is 139. The molecule has 0 fully saturated rings. The summed E-state index contributed by atoms with van der Waals surface area (Å²) in [4.78, 5) is 10.9. The van der Waals surface area contributed by atoms with Gasteiger partial charge in [-0.1, -0.05) is 0 Å². The number of carbonyl (C=O) groups is 1. The lowest BCUT2D eigenvalue weighted by molar-refractivity contribution is -0.151. The summed E-state index contributed by atoms with van der Waals surface area (Å²) in [5.74, 6) is -0.560. The van der Waals surface area contributed by atoms with Crippen LogP contribution in [0, 0.1) is 0 Å². The van der Waals surface area contributed by atoms with E-state index in [0.29, 0.717) is 0 Å². The van der Waals surface area contributed by atoms with Gasteiger partial charge in [0.2, 0.25) is 0 Å². The van der Waals surface area contributed by atoms with E-state index in [1.54, 1.807) is 13.8 Å². The molecule has 12 heavy (non-hydrogen) atoms.